The Morgan fingerprint density at radius 1 is 1.33 bits per heavy atom. The molecule has 0 saturated carbocycles. The average molecular weight is 202 g/mol. The van der Waals surface area contributed by atoms with Crippen LogP contribution in [0.25, 0.3) is 5.69 Å². The van der Waals surface area contributed by atoms with Gasteiger partial charge in [-0.25, -0.2) is 4.68 Å². The monoisotopic (exact) mass is 202 g/mol. The highest BCUT2D eigenvalue weighted by Gasteiger charge is 2.02. The van der Waals surface area contributed by atoms with Gasteiger partial charge >= 0.3 is 0 Å². The Bertz CT molecular complexity index is 442. The third kappa shape index (κ3) is 2.05. The van der Waals surface area contributed by atoms with Crippen LogP contribution in [0.2, 0.25) is 0 Å². The molecule has 2 aromatic heterocycles. The van der Waals surface area contributed by atoms with Crippen LogP contribution in [0.5, 0.6) is 0 Å². The maximum Gasteiger partial charge on any atom is 0.0829 e. The van der Waals surface area contributed by atoms with Crippen molar-refractivity contribution in [2.75, 3.05) is 0 Å². The fraction of sp³-hybridized carbons (Fsp3) is 0.273. The molecule has 0 aliphatic rings. The molecule has 0 spiro atoms. The number of aromatic nitrogens is 3. The molecule has 78 valence electrons. The number of nitrogens with zero attached hydrogens (tertiary/aromatic N) is 3. The molecule has 0 aromatic carbocycles. The van der Waals surface area contributed by atoms with Crippen molar-refractivity contribution in [3.05, 3.63) is 42.0 Å². The predicted octanol–water partition coefficient (Wildman–Crippen LogP) is 1.60. The molecule has 2 aromatic rings. The zero-order chi connectivity index (χ0) is 10.8. The molecule has 1 unspecified atom stereocenters. The largest absolute Gasteiger partial charge is 0.323 e. The predicted molar refractivity (Wildman–Crippen MR) is 58.7 cm³/mol. The van der Waals surface area contributed by atoms with Crippen LogP contribution in [0.4, 0.5) is 0 Å². The molecule has 15 heavy (non-hydrogen) atoms. The lowest BCUT2D eigenvalue weighted by atomic mass is 10.2. The molecular weight excluding hydrogens is 188 g/mol. The Kier molecular flexibility index (Phi) is 2.51. The summed E-state index contributed by atoms with van der Waals surface area (Å²) in [5.74, 6) is 0. The van der Waals surface area contributed by atoms with Crippen LogP contribution in [0.1, 0.15) is 24.2 Å². The van der Waals surface area contributed by atoms with Crippen LogP contribution in [0.3, 0.4) is 0 Å². The van der Waals surface area contributed by atoms with Gasteiger partial charge in [0.05, 0.1) is 23.8 Å². The number of rotatable bonds is 2. The summed E-state index contributed by atoms with van der Waals surface area (Å²) in [5, 5.41) is 4.21. The number of hydrogen-bond donors (Lipinski definition) is 1. The quantitative estimate of drug-likeness (QED) is 0.804. The smallest absolute Gasteiger partial charge is 0.0829 e. The van der Waals surface area contributed by atoms with Gasteiger partial charge in [-0.2, -0.15) is 5.10 Å². The third-order valence-electron chi connectivity index (χ3n) is 2.21. The van der Waals surface area contributed by atoms with E-state index in [4.69, 9.17) is 5.73 Å². The highest BCUT2D eigenvalue weighted by atomic mass is 15.3. The van der Waals surface area contributed by atoms with Crippen molar-refractivity contribution in [2.45, 2.75) is 19.9 Å². The van der Waals surface area contributed by atoms with E-state index < -0.39 is 0 Å². The van der Waals surface area contributed by atoms with Crippen molar-refractivity contribution in [3.8, 4) is 5.69 Å². The van der Waals surface area contributed by atoms with Gasteiger partial charge in [-0.3, -0.25) is 4.98 Å². The Morgan fingerprint density at radius 3 is 2.60 bits per heavy atom. The van der Waals surface area contributed by atoms with E-state index in [-0.39, 0.29) is 6.04 Å². The SMILES string of the molecule is Cc1cnn(-c2ccc(C(C)N)nc2)c1. The Morgan fingerprint density at radius 2 is 2.13 bits per heavy atom. The molecule has 4 heteroatoms. The molecule has 0 aliphatic carbocycles. The highest BCUT2D eigenvalue weighted by Crippen LogP contribution is 2.10. The second-order valence-electron chi connectivity index (χ2n) is 3.69. The molecular formula is C11H14N4. The lowest BCUT2D eigenvalue weighted by Crippen LogP contribution is -2.07. The lowest BCUT2D eigenvalue weighted by Gasteiger charge is -2.05. The van der Waals surface area contributed by atoms with Crippen molar-refractivity contribution in [3.63, 3.8) is 0 Å². The number of hydrogen-bond acceptors (Lipinski definition) is 3. The van der Waals surface area contributed by atoms with E-state index in [1.165, 1.54) is 0 Å². The molecule has 0 bridgehead atoms. The molecule has 4 nitrogen and oxygen atoms in total. The van der Waals surface area contributed by atoms with E-state index in [1.54, 1.807) is 10.9 Å². The third-order valence-corrected chi connectivity index (χ3v) is 2.21. The summed E-state index contributed by atoms with van der Waals surface area (Å²) in [7, 11) is 0. The van der Waals surface area contributed by atoms with Gasteiger partial charge in [0.1, 0.15) is 0 Å². The van der Waals surface area contributed by atoms with Crippen LogP contribution in [-0.4, -0.2) is 14.8 Å². The molecule has 2 heterocycles. The summed E-state index contributed by atoms with van der Waals surface area (Å²) in [6, 6.07) is 3.87. The van der Waals surface area contributed by atoms with Crippen molar-refractivity contribution in [2.24, 2.45) is 5.73 Å². The van der Waals surface area contributed by atoms with E-state index in [2.05, 4.69) is 10.1 Å². The van der Waals surface area contributed by atoms with Crippen LogP contribution in [0.15, 0.2) is 30.7 Å². The topological polar surface area (TPSA) is 56.7 Å². The minimum Gasteiger partial charge on any atom is -0.323 e. The van der Waals surface area contributed by atoms with Crippen molar-refractivity contribution < 1.29 is 0 Å². The van der Waals surface area contributed by atoms with Gasteiger partial charge < -0.3 is 5.73 Å². The Hall–Kier alpha value is -1.68. The number of nitrogens with two attached hydrogens (primary N) is 1. The number of pyridine rings is 1. The van der Waals surface area contributed by atoms with Gasteiger partial charge in [0.15, 0.2) is 0 Å². The molecule has 0 fully saturated rings. The van der Waals surface area contributed by atoms with Gasteiger partial charge in [0.2, 0.25) is 0 Å². The minimum atomic E-state index is -0.0293. The maximum absolute atomic E-state index is 5.72. The summed E-state index contributed by atoms with van der Waals surface area (Å²) in [4.78, 5) is 4.28. The van der Waals surface area contributed by atoms with E-state index >= 15 is 0 Å². The van der Waals surface area contributed by atoms with Gasteiger partial charge in [-0.1, -0.05) is 0 Å². The van der Waals surface area contributed by atoms with Crippen LogP contribution < -0.4 is 5.73 Å². The first-order valence-electron chi connectivity index (χ1n) is 4.90. The average Bonchev–Trinajstić information content (AvgIpc) is 2.65. The zero-order valence-corrected chi connectivity index (χ0v) is 8.88. The van der Waals surface area contributed by atoms with Crippen molar-refractivity contribution in [1.82, 2.24) is 14.8 Å². The minimum absolute atomic E-state index is 0.0293. The fourth-order valence-corrected chi connectivity index (χ4v) is 1.36. The number of aryl methyl sites for hydroxylation is 1. The van der Waals surface area contributed by atoms with Gasteiger partial charge in [-0.05, 0) is 31.5 Å². The van der Waals surface area contributed by atoms with Crippen LogP contribution in [-0.2, 0) is 0 Å². The highest BCUT2D eigenvalue weighted by molar-refractivity contribution is 5.29. The summed E-state index contributed by atoms with van der Waals surface area (Å²) in [6.07, 6.45) is 5.56. The van der Waals surface area contributed by atoms with E-state index in [0.717, 1.165) is 16.9 Å². The molecule has 0 radical (unpaired) electrons. The second kappa shape index (κ2) is 3.82. The van der Waals surface area contributed by atoms with Gasteiger partial charge in [0, 0.05) is 12.2 Å². The molecule has 2 N–H and O–H groups in total. The van der Waals surface area contributed by atoms with Crippen LogP contribution in [0, 0.1) is 6.92 Å². The fourth-order valence-electron chi connectivity index (χ4n) is 1.36. The molecule has 1 atom stereocenters. The first-order valence-corrected chi connectivity index (χ1v) is 4.90. The summed E-state index contributed by atoms with van der Waals surface area (Å²) >= 11 is 0. The van der Waals surface area contributed by atoms with Gasteiger partial charge in [0.25, 0.3) is 0 Å². The summed E-state index contributed by atoms with van der Waals surface area (Å²) < 4.78 is 1.80. The molecule has 2 rings (SSSR count). The maximum atomic E-state index is 5.72. The lowest BCUT2D eigenvalue weighted by molar-refractivity contribution is 0.775. The molecule has 0 amide bonds. The molecule has 0 saturated heterocycles. The van der Waals surface area contributed by atoms with Gasteiger partial charge in [-0.15, -0.1) is 0 Å². The summed E-state index contributed by atoms with van der Waals surface area (Å²) in [5.41, 5.74) is 8.70. The van der Waals surface area contributed by atoms with Crippen molar-refractivity contribution >= 4 is 0 Å². The Balaban J connectivity index is 2.31. The molecule has 0 aliphatic heterocycles. The Labute approximate surface area is 88.8 Å². The summed E-state index contributed by atoms with van der Waals surface area (Å²) in [6.45, 7) is 3.92. The van der Waals surface area contributed by atoms with E-state index in [0.29, 0.717) is 0 Å². The zero-order valence-electron chi connectivity index (χ0n) is 8.88. The first kappa shape index (κ1) is 9.86. The van der Waals surface area contributed by atoms with E-state index in [9.17, 15) is 0 Å². The van der Waals surface area contributed by atoms with Crippen molar-refractivity contribution in [1.29, 1.82) is 0 Å². The normalized spacial score (nSPS) is 12.7. The van der Waals surface area contributed by atoms with Crippen LogP contribution >= 0.6 is 0 Å². The first-order chi connectivity index (χ1) is 7.16. The van der Waals surface area contributed by atoms with E-state index in [1.807, 2.05) is 38.4 Å². The standard InChI is InChI=1S/C11H14N4/c1-8-5-14-15(7-8)10-3-4-11(9(2)12)13-6-10/h3-7,9H,12H2,1-2H3. The second-order valence-corrected chi connectivity index (χ2v) is 3.69.